The third kappa shape index (κ3) is 5.62. The molecule has 0 spiro atoms. The summed E-state index contributed by atoms with van der Waals surface area (Å²) >= 11 is 11.7. The van der Waals surface area contributed by atoms with Crippen LogP contribution in [0.3, 0.4) is 0 Å². The molecule has 2 rings (SSSR count). The molecule has 2 aromatic carbocycles. The minimum absolute atomic E-state index is 0.0792. The molecule has 0 saturated carbocycles. The van der Waals surface area contributed by atoms with Gasteiger partial charge in [-0.05, 0) is 37.3 Å². The van der Waals surface area contributed by atoms with E-state index in [1.165, 1.54) is 37.3 Å². The van der Waals surface area contributed by atoms with Crippen molar-refractivity contribution in [1.82, 2.24) is 0 Å². The third-order valence-electron chi connectivity index (χ3n) is 3.05. The zero-order valence-corrected chi connectivity index (χ0v) is 14.6. The number of hydrogen-bond acceptors (Lipinski definition) is 4. The van der Waals surface area contributed by atoms with Gasteiger partial charge in [-0.15, -0.1) is 0 Å². The molecule has 0 aliphatic carbocycles. The summed E-state index contributed by atoms with van der Waals surface area (Å²) in [5.74, 6) is -2.07. The average Bonchev–Trinajstić information content (AvgIpc) is 2.56. The van der Waals surface area contributed by atoms with Crippen LogP contribution in [0.1, 0.15) is 6.92 Å². The Morgan fingerprint density at radius 2 is 1.92 bits per heavy atom. The lowest BCUT2D eigenvalue weighted by atomic mass is 10.3. The van der Waals surface area contributed by atoms with Crippen molar-refractivity contribution in [2.24, 2.45) is 0 Å². The van der Waals surface area contributed by atoms with Crippen LogP contribution in [-0.2, 0) is 14.3 Å². The number of esters is 1. The van der Waals surface area contributed by atoms with Gasteiger partial charge < -0.3 is 14.8 Å². The molecule has 132 valence electrons. The highest BCUT2D eigenvalue weighted by Crippen LogP contribution is 2.25. The molecule has 2 aromatic rings. The molecule has 0 bridgehead atoms. The minimum Gasteiger partial charge on any atom is -0.479 e. The fourth-order valence-electron chi connectivity index (χ4n) is 1.81. The van der Waals surface area contributed by atoms with E-state index in [-0.39, 0.29) is 10.8 Å². The molecule has 1 amide bonds. The average molecular weight is 386 g/mol. The lowest BCUT2D eigenvalue weighted by molar-refractivity contribution is -0.155. The summed E-state index contributed by atoms with van der Waals surface area (Å²) < 4.78 is 23.3. The number of carbonyl (C=O) groups excluding carboxylic acids is 2. The number of para-hydroxylation sites is 1. The van der Waals surface area contributed by atoms with Gasteiger partial charge in [-0.2, -0.15) is 0 Å². The number of halogens is 3. The van der Waals surface area contributed by atoms with E-state index >= 15 is 0 Å². The molecule has 0 radical (unpaired) electrons. The molecule has 0 fully saturated rings. The van der Waals surface area contributed by atoms with Gasteiger partial charge in [-0.25, -0.2) is 9.18 Å². The van der Waals surface area contributed by atoms with Crippen LogP contribution in [0.25, 0.3) is 0 Å². The van der Waals surface area contributed by atoms with Crippen LogP contribution < -0.4 is 10.1 Å². The molecule has 1 N–H and O–H groups in total. The molecule has 1 unspecified atom stereocenters. The summed E-state index contributed by atoms with van der Waals surface area (Å²) in [6.07, 6.45) is -1.09. The Morgan fingerprint density at radius 1 is 1.20 bits per heavy atom. The predicted molar refractivity (Wildman–Crippen MR) is 92.5 cm³/mol. The number of carbonyl (C=O) groups is 2. The maximum Gasteiger partial charge on any atom is 0.344 e. The highest BCUT2D eigenvalue weighted by atomic mass is 35.5. The Kier molecular flexibility index (Phi) is 6.61. The lowest BCUT2D eigenvalue weighted by Crippen LogP contribution is -2.31. The van der Waals surface area contributed by atoms with Crippen molar-refractivity contribution in [3.8, 4) is 5.75 Å². The van der Waals surface area contributed by atoms with Crippen LogP contribution in [0.4, 0.5) is 10.1 Å². The number of nitrogens with one attached hydrogen (secondary N) is 1. The molecule has 0 aromatic heterocycles. The third-order valence-corrected chi connectivity index (χ3v) is 3.60. The van der Waals surface area contributed by atoms with Gasteiger partial charge in [0.25, 0.3) is 5.91 Å². The number of anilines is 1. The van der Waals surface area contributed by atoms with E-state index in [9.17, 15) is 14.0 Å². The molecule has 0 saturated heterocycles. The van der Waals surface area contributed by atoms with Crippen molar-refractivity contribution in [2.75, 3.05) is 11.9 Å². The van der Waals surface area contributed by atoms with Crippen molar-refractivity contribution < 1.29 is 23.5 Å². The van der Waals surface area contributed by atoms with E-state index in [2.05, 4.69) is 5.32 Å². The Labute approximate surface area is 153 Å². The van der Waals surface area contributed by atoms with Crippen molar-refractivity contribution in [3.05, 3.63) is 58.3 Å². The smallest absolute Gasteiger partial charge is 0.344 e. The van der Waals surface area contributed by atoms with Crippen LogP contribution in [0.15, 0.2) is 42.5 Å². The second-order valence-electron chi connectivity index (χ2n) is 4.96. The largest absolute Gasteiger partial charge is 0.479 e. The summed E-state index contributed by atoms with van der Waals surface area (Å²) in [4.78, 5) is 23.7. The second-order valence-corrected chi connectivity index (χ2v) is 5.81. The van der Waals surface area contributed by atoms with Gasteiger partial charge >= 0.3 is 5.97 Å². The van der Waals surface area contributed by atoms with Gasteiger partial charge in [0.05, 0.1) is 10.7 Å². The van der Waals surface area contributed by atoms with E-state index < -0.39 is 30.4 Å². The SMILES string of the molecule is CC(OC(=O)COc1ccccc1F)C(=O)Nc1ccc(Cl)cc1Cl. The van der Waals surface area contributed by atoms with Crippen LogP contribution >= 0.6 is 23.2 Å². The van der Waals surface area contributed by atoms with Gasteiger partial charge in [0.1, 0.15) is 0 Å². The summed E-state index contributed by atoms with van der Waals surface area (Å²) in [6, 6.07) is 10.2. The summed E-state index contributed by atoms with van der Waals surface area (Å²) in [5, 5.41) is 3.19. The molecular weight excluding hydrogens is 372 g/mol. The minimum atomic E-state index is -1.09. The van der Waals surface area contributed by atoms with Crippen LogP contribution in [0.2, 0.25) is 10.0 Å². The van der Waals surface area contributed by atoms with Gasteiger partial charge in [0, 0.05) is 5.02 Å². The van der Waals surface area contributed by atoms with Crippen LogP contribution in [0, 0.1) is 5.82 Å². The first-order valence-corrected chi connectivity index (χ1v) is 7.95. The number of amides is 1. The van der Waals surface area contributed by atoms with E-state index in [1.54, 1.807) is 12.1 Å². The Hall–Kier alpha value is -2.31. The number of hydrogen-bond donors (Lipinski definition) is 1. The molecule has 1 atom stereocenters. The first-order chi connectivity index (χ1) is 11.9. The second kappa shape index (κ2) is 8.69. The van der Waals surface area contributed by atoms with E-state index in [4.69, 9.17) is 32.7 Å². The van der Waals surface area contributed by atoms with Crippen molar-refractivity contribution in [2.45, 2.75) is 13.0 Å². The lowest BCUT2D eigenvalue weighted by Gasteiger charge is -2.14. The van der Waals surface area contributed by atoms with Gasteiger partial charge in [0.15, 0.2) is 24.3 Å². The molecule has 0 heterocycles. The van der Waals surface area contributed by atoms with E-state index in [0.29, 0.717) is 10.7 Å². The molecular formula is C17H14Cl2FNO4. The van der Waals surface area contributed by atoms with Crippen molar-refractivity contribution in [1.29, 1.82) is 0 Å². The number of ether oxygens (including phenoxy) is 2. The maximum atomic E-state index is 13.4. The Bertz CT molecular complexity index is 785. The Morgan fingerprint density at radius 3 is 2.60 bits per heavy atom. The summed E-state index contributed by atoms with van der Waals surface area (Å²) in [5.41, 5.74) is 0.335. The quantitative estimate of drug-likeness (QED) is 0.760. The molecule has 5 nitrogen and oxygen atoms in total. The number of rotatable bonds is 6. The summed E-state index contributed by atoms with van der Waals surface area (Å²) in [6.45, 7) is 0.862. The van der Waals surface area contributed by atoms with E-state index in [0.717, 1.165) is 0 Å². The fourth-order valence-corrected chi connectivity index (χ4v) is 2.26. The zero-order chi connectivity index (χ0) is 18.4. The van der Waals surface area contributed by atoms with Crippen LogP contribution in [-0.4, -0.2) is 24.6 Å². The fraction of sp³-hybridized carbons (Fsp3) is 0.176. The normalized spacial score (nSPS) is 11.5. The van der Waals surface area contributed by atoms with Crippen molar-refractivity contribution in [3.63, 3.8) is 0 Å². The number of benzene rings is 2. The molecule has 0 aliphatic heterocycles. The monoisotopic (exact) mass is 385 g/mol. The van der Waals surface area contributed by atoms with Gasteiger partial charge in [-0.3, -0.25) is 4.79 Å². The zero-order valence-electron chi connectivity index (χ0n) is 13.1. The first-order valence-electron chi connectivity index (χ1n) is 7.19. The van der Waals surface area contributed by atoms with Gasteiger partial charge in [-0.1, -0.05) is 35.3 Å². The topological polar surface area (TPSA) is 64.6 Å². The maximum absolute atomic E-state index is 13.4. The molecule has 0 aliphatic rings. The molecule has 25 heavy (non-hydrogen) atoms. The summed E-state index contributed by atoms with van der Waals surface area (Å²) in [7, 11) is 0. The molecule has 8 heteroatoms. The predicted octanol–water partition coefficient (Wildman–Crippen LogP) is 4.08. The Balaban J connectivity index is 1.85. The van der Waals surface area contributed by atoms with E-state index in [1.807, 2.05) is 0 Å². The highest BCUT2D eigenvalue weighted by Gasteiger charge is 2.19. The highest BCUT2D eigenvalue weighted by molar-refractivity contribution is 6.36. The van der Waals surface area contributed by atoms with Gasteiger partial charge in [0.2, 0.25) is 0 Å². The standard InChI is InChI=1S/C17H14Cl2FNO4/c1-10(17(23)21-14-7-6-11(18)8-12(14)19)25-16(22)9-24-15-5-3-2-4-13(15)20/h2-8,10H,9H2,1H3,(H,21,23). The van der Waals surface area contributed by atoms with Crippen LogP contribution in [0.5, 0.6) is 5.75 Å². The first kappa shape index (κ1) is 19.0. The van der Waals surface area contributed by atoms with Crippen molar-refractivity contribution >= 4 is 40.8 Å².